The van der Waals surface area contributed by atoms with Crippen LogP contribution in [0.5, 0.6) is 0 Å². The highest BCUT2D eigenvalue weighted by Crippen LogP contribution is 2.24. The molecule has 1 unspecified atom stereocenters. The van der Waals surface area contributed by atoms with Gasteiger partial charge in [-0.05, 0) is 24.1 Å². The third-order valence-corrected chi connectivity index (χ3v) is 3.58. The van der Waals surface area contributed by atoms with Crippen LogP contribution in [0.4, 0.5) is 13.6 Å². The Kier molecular flexibility index (Phi) is 4.47. The van der Waals surface area contributed by atoms with Crippen molar-refractivity contribution in [2.45, 2.75) is 18.9 Å². The molecular weight excluding hydrogens is 297 g/mol. The van der Waals surface area contributed by atoms with Crippen molar-refractivity contribution in [3.63, 3.8) is 0 Å². The molecule has 1 atom stereocenters. The first-order valence-corrected chi connectivity index (χ1v) is 6.49. The second-order valence-corrected chi connectivity index (χ2v) is 5.17. The van der Waals surface area contributed by atoms with Crippen molar-refractivity contribution >= 4 is 29.2 Å². The van der Waals surface area contributed by atoms with E-state index in [-0.39, 0.29) is 6.04 Å². The Hall–Kier alpha value is -1.07. The number of carbonyl (C=O) groups is 1. The van der Waals surface area contributed by atoms with E-state index in [0.717, 1.165) is 10.5 Å². The molecule has 1 aromatic carbocycles. The Balaban J connectivity index is 2.11. The largest absolute Gasteiger partial charge is 0.336 e. The van der Waals surface area contributed by atoms with Gasteiger partial charge in [-0.2, -0.15) is 0 Å². The fourth-order valence-corrected chi connectivity index (χ4v) is 2.57. The molecule has 0 aromatic heterocycles. The lowest BCUT2D eigenvalue weighted by Gasteiger charge is -2.23. The first-order valence-electron chi connectivity index (χ1n) is 5.74. The first-order chi connectivity index (χ1) is 8.97. The Morgan fingerprint density at radius 3 is 2.79 bits per heavy atom. The number of hydrogen-bond donors (Lipinski definition) is 1. The zero-order chi connectivity index (χ0) is 14.0. The summed E-state index contributed by atoms with van der Waals surface area (Å²) in [7, 11) is 0. The van der Waals surface area contributed by atoms with Gasteiger partial charge in [0.25, 0.3) is 6.43 Å². The molecular formula is C12H12Cl2F2N2O. The normalized spacial score (nSPS) is 19.1. The highest BCUT2D eigenvalue weighted by atomic mass is 35.5. The molecule has 1 fully saturated rings. The number of urea groups is 1. The Bertz CT molecular complexity index is 485. The molecule has 2 rings (SSSR count). The topological polar surface area (TPSA) is 32.3 Å². The predicted octanol–water partition coefficient (Wildman–Crippen LogP) is 3.19. The van der Waals surface area contributed by atoms with E-state index in [9.17, 15) is 13.6 Å². The molecule has 2 amide bonds. The summed E-state index contributed by atoms with van der Waals surface area (Å²) >= 11 is 11.8. The molecule has 1 aliphatic heterocycles. The fraction of sp³-hybridized carbons (Fsp3) is 0.417. The average molecular weight is 309 g/mol. The lowest BCUT2D eigenvalue weighted by molar-refractivity contribution is 0.0944. The van der Waals surface area contributed by atoms with Gasteiger partial charge in [-0.1, -0.05) is 29.3 Å². The highest BCUT2D eigenvalue weighted by Gasteiger charge is 2.32. The van der Waals surface area contributed by atoms with Crippen LogP contribution in [0, 0.1) is 0 Å². The summed E-state index contributed by atoms with van der Waals surface area (Å²) in [5.41, 5.74) is 0.784. The number of hydrogen-bond acceptors (Lipinski definition) is 1. The number of nitrogens with zero attached hydrogens (tertiary/aromatic N) is 1. The first kappa shape index (κ1) is 14.3. The number of nitrogens with one attached hydrogen (secondary N) is 1. The molecule has 7 heteroatoms. The third kappa shape index (κ3) is 3.48. The second kappa shape index (κ2) is 5.92. The number of benzene rings is 1. The highest BCUT2D eigenvalue weighted by molar-refractivity contribution is 6.35. The van der Waals surface area contributed by atoms with Gasteiger partial charge >= 0.3 is 6.03 Å². The molecule has 3 nitrogen and oxygen atoms in total. The van der Waals surface area contributed by atoms with E-state index in [1.807, 2.05) is 0 Å². The summed E-state index contributed by atoms with van der Waals surface area (Å²) in [5, 5.41) is 3.55. The fourth-order valence-electron chi connectivity index (χ4n) is 2.09. The maximum absolute atomic E-state index is 12.4. The van der Waals surface area contributed by atoms with Gasteiger partial charge < -0.3 is 10.2 Å². The number of rotatable bonds is 4. The van der Waals surface area contributed by atoms with Crippen LogP contribution >= 0.6 is 23.2 Å². The summed E-state index contributed by atoms with van der Waals surface area (Å²) in [6.45, 7) is -0.230. The Morgan fingerprint density at radius 2 is 2.16 bits per heavy atom. The molecule has 19 heavy (non-hydrogen) atoms. The third-order valence-electron chi connectivity index (χ3n) is 3.00. The van der Waals surface area contributed by atoms with E-state index < -0.39 is 19.0 Å². The number of carbonyl (C=O) groups excluding carboxylic acids is 1. The summed E-state index contributed by atoms with van der Waals surface area (Å²) in [4.78, 5) is 12.6. The minimum Gasteiger partial charge on any atom is -0.336 e. The van der Waals surface area contributed by atoms with Crippen LogP contribution in [0.2, 0.25) is 10.0 Å². The molecule has 0 radical (unpaired) electrons. The summed E-state index contributed by atoms with van der Waals surface area (Å²) in [5.74, 6) is 0. The van der Waals surface area contributed by atoms with Crippen molar-refractivity contribution in [3.05, 3.63) is 33.8 Å². The zero-order valence-corrected chi connectivity index (χ0v) is 11.4. The zero-order valence-electron chi connectivity index (χ0n) is 9.88. The van der Waals surface area contributed by atoms with E-state index in [2.05, 4.69) is 5.32 Å². The molecule has 1 N–H and O–H groups in total. The Labute approximate surface area is 119 Å². The summed E-state index contributed by atoms with van der Waals surface area (Å²) < 4.78 is 24.9. The molecule has 104 valence electrons. The molecule has 1 saturated heterocycles. The standard InChI is InChI=1S/C12H12Cl2F2N2O/c13-8-2-1-7(10(14)4-8)3-9-5-17-12(19)18(9)6-11(15)16/h1-2,4,9,11H,3,5-6H2,(H,17,19). The number of amides is 2. The van der Waals surface area contributed by atoms with E-state index in [1.165, 1.54) is 0 Å². The van der Waals surface area contributed by atoms with Crippen molar-refractivity contribution in [2.24, 2.45) is 0 Å². The quantitative estimate of drug-likeness (QED) is 0.910. The molecule has 0 saturated carbocycles. The van der Waals surface area contributed by atoms with E-state index in [1.54, 1.807) is 18.2 Å². The molecule has 1 aliphatic rings. The molecule has 1 aromatic rings. The van der Waals surface area contributed by atoms with Crippen molar-refractivity contribution in [3.8, 4) is 0 Å². The average Bonchev–Trinajstić information content (AvgIpc) is 2.64. The lowest BCUT2D eigenvalue weighted by Crippen LogP contribution is -2.39. The van der Waals surface area contributed by atoms with Crippen LogP contribution in [0.15, 0.2) is 18.2 Å². The van der Waals surface area contributed by atoms with E-state index >= 15 is 0 Å². The van der Waals surface area contributed by atoms with Crippen LogP contribution in [0.25, 0.3) is 0 Å². The minimum absolute atomic E-state index is 0.319. The Morgan fingerprint density at radius 1 is 1.42 bits per heavy atom. The van der Waals surface area contributed by atoms with Gasteiger partial charge in [0.15, 0.2) is 0 Å². The van der Waals surface area contributed by atoms with Crippen molar-refractivity contribution in [1.29, 1.82) is 0 Å². The molecule has 1 heterocycles. The van der Waals surface area contributed by atoms with E-state index in [0.29, 0.717) is 23.0 Å². The minimum atomic E-state index is -2.55. The van der Waals surface area contributed by atoms with Crippen molar-refractivity contribution in [2.75, 3.05) is 13.1 Å². The van der Waals surface area contributed by atoms with E-state index in [4.69, 9.17) is 23.2 Å². The van der Waals surface area contributed by atoms with Crippen LogP contribution < -0.4 is 5.32 Å². The summed E-state index contributed by atoms with van der Waals surface area (Å²) in [6, 6.07) is 4.24. The maximum Gasteiger partial charge on any atom is 0.317 e. The van der Waals surface area contributed by atoms with Gasteiger partial charge in [-0.25, -0.2) is 13.6 Å². The van der Waals surface area contributed by atoms with Gasteiger partial charge in [0.2, 0.25) is 0 Å². The van der Waals surface area contributed by atoms with Crippen LogP contribution in [-0.4, -0.2) is 36.5 Å². The predicted molar refractivity (Wildman–Crippen MR) is 70.1 cm³/mol. The monoisotopic (exact) mass is 308 g/mol. The lowest BCUT2D eigenvalue weighted by atomic mass is 10.1. The number of halogens is 4. The van der Waals surface area contributed by atoms with Gasteiger partial charge in [0, 0.05) is 16.6 Å². The van der Waals surface area contributed by atoms with Gasteiger partial charge in [0.05, 0.1) is 12.6 Å². The summed E-state index contributed by atoms with van der Waals surface area (Å²) in [6.07, 6.45) is -2.13. The molecule has 0 spiro atoms. The van der Waals surface area contributed by atoms with Crippen LogP contribution in [0.3, 0.4) is 0 Å². The molecule has 0 bridgehead atoms. The van der Waals surface area contributed by atoms with Crippen LogP contribution in [-0.2, 0) is 6.42 Å². The molecule has 0 aliphatic carbocycles. The van der Waals surface area contributed by atoms with Gasteiger partial charge in [-0.3, -0.25) is 0 Å². The second-order valence-electron chi connectivity index (χ2n) is 4.32. The van der Waals surface area contributed by atoms with Crippen molar-refractivity contribution in [1.82, 2.24) is 10.2 Å². The van der Waals surface area contributed by atoms with Gasteiger partial charge in [-0.15, -0.1) is 0 Å². The maximum atomic E-state index is 12.4. The smallest absolute Gasteiger partial charge is 0.317 e. The van der Waals surface area contributed by atoms with Crippen LogP contribution in [0.1, 0.15) is 5.56 Å². The van der Waals surface area contributed by atoms with Crippen molar-refractivity contribution < 1.29 is 13.6 Å². The SMILES string of the molecule is O=C1NCC(Cc2ccc(Cl)cc2Cl)N1CC(F)F. The number of alkyl halides is 2. The van der Waals surface area contributed by atoms with Gasteiger partial charge in [0.1, 0.15) is 0 Å².